The summed E-state index contributed by atoms with van der Waals surface area (Å²) < 4.78 is 0.924. The van der Waals surface area contributed by atoms with Gasteiger partial charge in [0.2, 0.25) is 11.8 Å². The van der Waals surface area contributed by atoms with E-state index in [0.717, 1.165) is 3.93 Å². The van der Waals surface area contributed by atoms with Gasteiger partial charge in [0.15, 0.2) is 0 Å². The van der Waals surface area contributed by atoms with Crippen molar-refractivity contribution in [2.75, 3.05) is 0 Å². The van der Waals surface area contributed by atoms with Gasteiger partial charge in [-0.1, -0.05) is 0 Å². The Kier molecular flexibility index (Phi) is 0.883. The van der Waals surface area contributed by atoms with Crippen LogP contribution in [-0.2, 0) is 9.59 Å². The fourth-order valence-corrected chi connectivity index (χ4v) is 0.567. The summed E-state index contributed by atoms with van der Waals surface area (Å²) >= 11 is 2.73. The minimum Gasteiger partial charge on any atom is -0.273 e. The van der Waals surface area contributed by atoms with Crippen LogP contribution in [0.3, 0.4) is 0 Å². The van der Waals surface area contributed by atoms with E-state index < -0.39 is 0 Å². The molecule has 0 aliphatic carbocycles. The Morgan fingerprint density at radius 1 is 1.43 bits per heavy atom. The number of amides is 2. The monoisotopic (exact) mass is 163 g/mol. The fourth-order valence-electron chi connectivity index (χ4n) is 0.316. The first kappa shape index (κ1) is 4.77. The molecule has 1 aliphatic rings. The lowest BCUT2D eigenvalue weighted by Gasteiger charge is -2.19. The molecule has 4 heteroatoms. The average molecular weight is 164 g/mol. The highest BCUT2D eigenvalue weighted by molar-refractivity contribution is 9.08. The van der Waals surface area contributed by atoms with Crippen LogP contribution in [0.5, 0.6) is 0 Å². The van der Waals surface area contributed by atoms with Gasteiger partial charge in [0.1, 0.15) is 6.42 Å². The molecule has 1 fully saturated rings. The second-order valence-corrected chi connectivity index (χ2v) is 1.95. The van der Waals surface area contributed by atoms with E-state index in [-0.39, 0.29) is 18.2 Å². The quantitative estimate of drug-likeness (QED) is 0.288. The Hall–Kier alpha value is -0.380. The molecule has 2 amide bonds. The highest BCUT2D eigenvalue weighted by atomic mass is 79.9. The van der Waals surface area contributed by atoms with Crippen LogP contribution in [0.25, 0.3) is 0 Å². The van der Waals surface area contributed by atoms with Gasteiger partial charge in [-0.3, -0.25) is 9.59 Å². The number of rotatable bonds is 0. The standard InChI is InChI=1S/C3H2BrNO2/c4-5-2(6)1-3(5)7/h1H2. The van der Waals surface area contributed by atoms with Crippen LogP contribution >= 0.6 is 16.1 Å². The van der Waals surface area contributed by atoms with E-state index in [2.05, 4.69) is 16.1 Å². The van der Waals surface area contributed by atoms with E-state index in [1.807, 2.05) is 0 Å². The molecule has 1 rings (SSSR count). The van der Waals surface area contributed by atoms with Crippen molar-refractivity contribution in [1.29, 1.82) is 0 Å². The van der Waals surface area contributed by atoms with E-state index in [1.54, 1.807) is 0 Å². The first-order chi connectivity index (χ1) is 3.22. The van der Waals surface area contributed by atoms with Crippen LogP contribution in [0.1, 0.15) is 6.42 Å². The lowest BCUT2D eigenvalue weighted by atomic mass is 10.3. The predicted octanol–water partition coefficient (Wildman–Crippen LogP) is 0.0552. The molecule has 0 aromatic rings. The zero-order valence-corrected chi connectivity index (χ0v) is 4.93. The molecule has 0 bridgehead atoms. The fraction of sp³-hybridized carbons (Fsp3) is 0.333. The van der Waals surface area contributed by atoms with Crippen molar-refractivity contribution >= 4 is 28.0 Å². The summed E-state index contributed by atoms with van der Waals surface area (Å²) in [5, 5.41) is 0. The SMILES string of the molecule is O=C1CC(=O)N1Br. The van der Waals surface area contributed by atoms with Gasteiger partial charge in [0, 0.05) is 0 Å². The van der Waals surface area contributed by atoms with Crippen molar-refractivity contribution in [3.05, 3.63) is 0 Å². The topological polar surface area (TPSA) is 37.4 Å². The molecular formula is C3H2BrNO2. The molecule has 0 unspecified atom stereocenters. The van der Waals surface area contributed by atoms with Crippen molar-refractivity contribution in [1.82, 2.24) is 3.93 Å². The number of nitrogens with zero attached hydrogens (tertiary/aromatic N) is 1. The number of halogens is 1. The van der Waals surface area contributed by atoms with Crippen LogP contribution in [0.2, 0.25) is 0 Å². The van der Waals surface area contributed by atoms with E-state index in [0.29, 0.717) is 0 Å². The van der Waals surface area contributed by atoms with Gasteiger partial charge in [-0.2, -0.15) is 0 Å². The first-order valence-corrected chi connectivity index (χ1v) is 2.44. The number of hydrogen-bond acceptors (Lipinski definition) is 2. The van der Waals surface area contributed by atoms with Crippen LogP contribution < -0.4 is 0 Å². The van der Waals surface area contributed by atoms with E-state index in [9.17, 15) is 9.59 Å². The second kappa shape index (κ2) is 1.30. The minimum atomic E-state index is -0.162. The van der Waals surface area contributed by atoms with Gasteiger partial charge in [-0.25, -0.2) is 3.93 Å². The van der Waals surface area contributed by atoms with Crippen LogP contribution in [-0.4, -0.2) is 15.7 Å². The number of imide groups is 1. The molecule has 38 valence electrons. The van der Waals surface area contributed by atoms with Crippen LogP contribution in [0.15, 0.2) is 0 Å². The molecule has 0 radical (unpaired) electrons. The minimum absolute atomic E-state index is 0.0608. The van der Waals surface area contributed by atoms with Gasteiger partial charge < -0.3 is 0 Å². The number of hydrogen-bond donors (Lipinski definition) is 0. The summed E-state index contributed by atoms with van der Waals surface area (Å²) in [5.74, 6) is -0.324. The van der Waals surface area contributed by atoms with Crippen molar-refractivity contribution in [3.63, 3.8) is 0 Å². The molecule has 7 heavy (non-hydrogen) atoms. The van der Waals surface area contributed by atoms with Crippen molar-refractivity contribution in [2.45, 2.75) is 6.42 Å². The third kappa shape index (κ3) is 0.545. The summed E-state index contributed by atoms with van der Waals surface area (Å²) in [7, 11) is 0. The lowest BCUT2D eigenvalue weighted by molar-refractivity contribution is -0.149. The third-order valence-electron chi connectivity index (χ3n) is 0.740. The number of carbonyl (C=O) groups excluding carboxylic acids is 2. The molecule has 0 spiro atoms. The van der Waals surface area contributed by atoms with Crippen LogP contribution in [0.4, 0.5) is 0 Å². The Balaban J connectivity index is 2.59. The summed E-state index contributed by atoms with van der Waals surface area (Å²) in [5.41, 5.74) is 0. The van der Waals surface area contributed by atoms with Crippen molar-refractivity contribution in [3.8, 4) is 0 Å². The largest absolute Gasteiger partial charge is 0.273 e. The number of carbonyl (C=O) groups is 2. The maximum absolute atomic E-state index is 10.1. The van der Waals surface area contributed by atoms with E-state index >= 15 is 0 Å². The average Bonchev–Trinajstić information content (AvgIpc) is 1.68. The molecular weight excluding hydrogens is 162 g/mol. The molecule has 0 aromatic carbocycles. The van der Waals surface area contributed by atoms with Gasteiger partial charge >= 0.3 is 0 Å². The Bertz CT molecular complexity index is 119. The Morgan fingerprint density at radius 3 is 1.86 bits per heavy atom. The third-order valence-corrected chi connectivity index (χ3v) is 1.53. The summed E-state index contributed by atoms with van der Waals surface area (Å²) in [6, 6.07) is 0. The lowest BCUT2D eigenvalue weighted by Crippen LogP contribution is -2.41. The summed E-state index contributed by atoms with van der Waals surface area (Å²) in [4.78, 5) is 20.2. The Morgan fingerprint density at radius 2 is 1.86 bits per heavy atom. The first-order valence-electron chi connectivity index (χ1n) is 1.73. The normalized spacial score (nSPS) is 19.9. The van der Waals surface area contributed by atoms with Gasteiger partial charge in [-0.15, -0.1) is 0 Å². The highest BCUT2D eigenvalue weighted by Crippen LogP contribution is 2.14. The zero-order valence-electron chi connectivity index (χ0n) is 3.35. The number of β-lactam (4-membered cyclic amide) rings is 2. The highest BCUT2D eigenvalue weighted by Gasteiger charge is 2.31. The van der Waals surface area contributed by atoms with Crippen LogP contribution in [0, 0.1) is 0 Å². The molecule has 1 heterocycles. The molecule has 0 atom stereocenters. The Labute approximate surface area is 48.6 Å². The molecule has 1 saturated heterocycles. The van der Waals surface area contributed by atoms with E-state index in [4.69, 9.17) is 0 Å². The maximum atomic E-state index is 10.1. The summed E-state index contributed by atoms with van der Waals surface area (Å²) in [6.45, 7) is 0. The van der Waals surface area contributed by atoms with E-state index in [1.165, 1.54) is 0 Å². The van der Waals surface area contributed by atoms with Crippen molar-refractivity contribution in [2.24, 2.45) is 0 Å². The van der Waals surface area contributed by atoms with Gasteiger partial charge in [0.25, 0.3) is 0 Å². The smallest absolute Gasteiger partial charge is 0.248 e. The maximum Gasteiger partial charge on any atom is 0.248 e. The molecule has 1 aliphatic heterocycles. The second-order valence-electron chi connectivity index (χ2n) is 1.25. The van der Waals surface area contributed by atoms with Gasteiger partial charge in [-0.05, 0) is 0 Å². The van der Waals surface area contributed by atoms with Gasteiger partial charge in [0.05, 0.1) is 16.1 Å². The summed E-state index contributed by atoms with van der Waals surface area (Å²) in [6.07, 6.45) is 0.0608. The molecule has 3 nitrogen and oxygen atoms in total. The molecule has 0 N–H and O–H groups in total. The van der Waals surface area contributed by atoms with Crippen molar-refractivity contribution < 1.29 is 9.59 Å². The molecule has 0 saturated carbocycles. The molecule has 0 aromatic heterocycles. The zero-order chi connectivity index (χ0) is 5.44. The predicted molar refractivity (Wildman–Crippen MR) is 25.4 cm³/mol.